The van der Waals surface area contributed by atoms with Crippen LogP contribution >= 0.6 is 0 Å². The molecule has 0 saturated carbocycles. The average Bonchev–Trinajstić information content (AvgIpc) is 0.763. The number of rotatable bonds is 31. The Balaban J connectivity index is 0.960. The van der Waals surface area contributed by atoms with Crippen LogP contribution in [-0.4, -0.2) is 528 Å². The van der Waals surface area contributed by atoms with Crippen LogP contribution in [0.2, 0.25) is 0 Å². The van der Waals surface area contributed by atoms with E-state index in [0.717, 1.165) is 27.7 Å². The van der Waals surface area contributed by atoms with E-state index in [-0.39, 0.29) is 0 Å². The van der Waals surface area contributed by atoms with E-state index in [1.54, 1.807) is 0 Å². The summed E-state index contributed by atoms with van der Waals surface area (Å²) in [7, 11) is 0. The monoisotopic (exact) mass is 1790 g/mol. The summed E-state index contributed by atoms with van der Waals surface area (Å²) in [6.07, 6.45) is -95.1. The molecule has 10 rings (SSSR count). The van der Waals surface area contributed by atoms with E-state index in [1.165, 1.54) is 6.92 Å². The molecule has 706 valence electrons. The minimum atomic E-state index is -2.59. The molecule has 4 amide bonds. The van der Waals surface area contributed by atoms with Gasteiger partial charge in [-0.1, -0.05) is 0 Å². The van der Waals surface area contributed by atoms with Crippen molar-refractivity contribution in [1.29, 1.82) is 0 Å². The Hall–Kier alpha value is -3.96. The molecule has 0 radical (unpaired) electrons. The fourth-order valence-electron chi connectivity index (χ4n) is 15.8. The van der Waals surface area contributed by atoms with Gasteiger partial charge in [-0.2, -0.15) is 0 Å². The summed E-state index contributed by atoms with van der Waals surface area (Å²) in [5.74, 6) is -3.70. The largest absolute Gasteiger partial charge is 0.394 e. The van der Waals surface area contributed by atoms with Crippen LogP contribution in [0.4, 0.5) is 0 Å². The predicted octanol–water partition coefficient (Wildman–Crippen LogP) is -21.2. The maximum atomic E-state index is 13.2. The lowest BCUT2D eigenvalue weighted by molar-refractivity contribution is -0.397. The number of amides is 4. The first-order chi connectivity index (χ1) is 57.7. The molecule has 31 N–H and O–H groups in total. The lowest BCUT2D eigenvalue weighted by atomic mass is 9.93. The van der Waals surface area contributed by atoms with Crippen LogP contribution in [0.15, 0.2) is 0 Å². The minimum absolute atomic E-state index is 0.840. The summed E-state index contributed by atoms with van der Waals surface area (Å²) in [4.78, 5) is 51.3. The molecule has 54 nitrogen and oxygen atoms in total. The van der Waals surface area contributed by atoms with Gasteiger partial charge >= 0.3 is 0 Å². The van der Waals surface area contributed by atoms with Crippen molar-refractivity contribution in [2.45, 2.75) is 341 Å². The highest BCUT2D eigenvalue weighted by atomic mass is 16.8. The maximum absolute atomic E-state index is 13.2. The van der Waals surface area contributed by atoms with E-state index in [9.17, 15) is 157 Å². The zero-order valence-corrected chi connectivity index (χ0v) is 65.7. The molecule has 0 spiro atoms. The molecular weight excluding hydrogens is 1670 g/mol. The Labute approximate surface area is 691 Å². The molecule has 0 bridgehead atoms. The van der Waals surface area contributed by atoms with Crippen molar-refractivity contribution in [1.82, 2.24) is 21.3 Å². The lowest BCUT2D eigenvalue weighted by Crippen LogP contribution is -2.71. The van der Waals surface area contributed by atoms with E-state index in [4.69, 9.17) is 90.0 Å². The van der Waals surface area contributed by atoms with Crippen molar-refractivity contribution < 1.29 is 247 Å². The summed E-state index contributed by atoms with van der Waals surface area (Å²) >= 11 is 0. The Morgan fingerprint density at radius 3 is 0.959 bits per heavy atom. The zero-order valence-electron chi connectivity index (χ0n) is 65.7. The molecule has 0 aromatic heterocycles. The standard InChI is InChI=1S/C68H114N4O50/c1-15-33(84)44(95)48(99)63(106-15)104-14-28-54(41(92)29(59(103)107-28)69-16(2)80)116-61-31(71-18(4)82)42(93)53(25(11-78)113-61)118-66-51(102)56(120-68-58(47(98)37(88)23(9-76)112-68)122-60-30(70-17(3)81)40(91)34(85)20(6-73)108-60)39(90)27(115-66)13-105-67-57(46(97)36(87)22(8-75)111-67)121-62-32(72-19(5)83)43(94)52(26(12-79)114-62)117-65-50(101)55(38(89)24(10-77)110-65)119-64-49(100)45(96)35(86)21(7-74)109-64/h15,20-68,73-79,84-103H,6-14H2,1-5H3,(H,69,80)(H,70,81)(H,71,82)(H,72,83)/t15-,20+,21+,22+,23+,24+,25+,26+,27+,28+,29+,30-,31+,32+,33+,34+,35-,36+,37+,38-,39+,40+,41+,42+,43+,44+,45-,46-,47-,48-,49+,50+,51-,52+,53+,54+,55-,56-,57-,58-,59?,60-,61-,62-,63+,64+,65-,66-,67-,68+/m0/s1. The van der Waals surface area contributed by atoms with Crippen LogP contribution in [0, 0.1) is 0 Å². The van der Waals surface area contributed by atoms with Gasteiger partial charge in [0.25, 0.3) is 0 Å². The first-order valence-corrected chi connectivity index (χ1v) is 39.0. The first kappa shape index (κ1) is 100. The Morgan fingerprint density at radius 1 is 0.230 bits per heavy atom. The molecule has 10 fully saturated rings. The summed E-state index contributed by atoms with van der Waals surface area (Å²) in [6, 6.07) is -7.57. The third kappa shape index (κ3) is 22.0. The molecular formula is C68H114N4O50. The van der Waals surface area contributed by atoms with E-state index < -0.39 is 390 Å². The van der Waals surface area contributed by atoms with Crippen molar-refractivity contribution in [3.8, 4) is 0 Å². The van der Waals surface area contributed by atoms with Crippen LogP contribution in [0.5, 0.6) is 0 Å². The fourth-order valence-corrected chi connectivity index (χ4v) is 15.8. The van der Waals surface area contributed by atoms with E-state index in [1.807, 2.05) is 0 Å². The maximum Gasteiger partial charge on any atom is 0.217 e. The quantitative estimate of drug-likeness (QED) is 0.0306. The molecule has 10 aliphatic heterocycles. The molecule has 10 saturated heterocycles. The van der Waals surface area contributed by atoms with Gasteiger partial charge in [-0.15, -0.1) is 0 Å². The molecule has 10 aliphatic rings. The van der Waals surface area contributed by atoms with E-state index in [2.05, 4.69) is 21.3 Å². The summed E-state index contributed by atoms with van der Waals surface area (Å²) in [5, 5.41) is 311. The SMILES string of the molecule is CC(=O)N[C@@H]1[C@H](O[C@@H]2[C@@H](O[C@@H]3[C@H](O)[C@H](O[C@H]4[C@H](O)[C@@H](NC(C)=O)[C@H](O[C@H]5[C@H](O)[C@@H](NC(C)=O)C(O)O[C@@H]5CO[C@@H]5O[C@@H](C)[C@@H](O)[C@@H](O)[C@@H]5O)O[C@@H]4CO)O[C@H](CO[C@H]4O[C@H](CO)[C@@H](O)[C@H](O)[C@@H]4O[C@@H]4O[C@H](CO)[C@@H](O[C@@H]5O[C@H](CO)[C@H](O)[C@H](O[C@H]6O[C@H](CO)[C@H](O)[C@H](O)[C@H]6O)[C@H]5O)[C@H](O)[C@H]4NC(C)=O)[C@H]3O)O[C@H](CO)[C@@H](O)[C@@H]2O)O[C@H](CO)[C@@H](O)[C@@H]1O. The zero-order chi connectivity index (χ0) is 89.8. The normalized spacial score (nSPS) is 49.7. The minimum Gasteiger partial charge on any atom is -0.394 e. The number of aliphatic hydroxyl groups is 27. The second kappa shape index (κ2) is 43.6. The summed E-state index contributed by atoms with van der Waals surface area (Å²) < 4.78 is 113. The first-order valence-electron chi connectivity index (χ1n) is 39.0. The molecule has 0 aromatic rings. The third-order valence-electron chi connectivity index (χ3n) is 22.4. The van der Waals surface area contributed by atoms with Gasteiger partial charge in [0.2, 0.25) is 23.6 Å². The molecule has 10 heterocycles. The van der Waals surface area contributed by atoms with Gasteiger partial charge in [-0.05, 0) is 6.92 Å². The van der Waals surface area contributed by atoms with E-state index in [0.29, 0.717) is 0 Å². The third-order valence-corrected chi connectivity index (χ3v) is 22.4. The molecule has 0 aromatic carbocycles. The van der Waals surface area contributed by atoms with Crippen LogP contribution in [0.3, 0.4) is 0 Å². The van der Waals surface area contributed by atoms with Gasteiger partial charge in [0.05, 0.1) is 65.6 Å². The van der Waals surface area contributed by atoms with Crippen molar-refractivity contribution in [3.63, 3.8) is 0 Å². The van der Waals surface area contributed by atoms with Gasteiger partial charge in [0, 0.05) is 27.7 Å². The Bertz CT molecular complexity index is 3290. The van der Waals surface area contributed by atoms with Gasteiger partial charge in [-0.25, -0.2) is 0 Å². The topological polar surface area (TPSA) is 838 Å². The Kier molecular flexibility index (Phi) is 35.8. The number of ether oxygens (including phenoxy) is 19. The highest BCUT2D eigenvalue weighted by Crippen LogP contribution is 2.41. The number of carbonyl (C=O) groups is 4. The van der Waals surface area contributed by atoms with Crippen molar-refractivity contribution in [3.05, 3.63) is 0 Å². The molecule has 0 aliphatic carbocycles. The second-order valence-electron chi connectivity index (χ2n) is 31.0. The lowest BCUT2D eigenvalue weighted by Gasteiger charge is -2.51. The van der Waals surface area contributed by atoms with Gasteiger partial charge in [-0.3, -0.25) is 19.2 Å². The van der Waals surface area contributed by atoms with E-state index >= 15 is 0 Å². The summed E-state index contributed by atoms with van der Waals surface area (Å²) in [6.45, 7) is -4.79. The molecule has 54 heteroatoms. The fraction of sp³-hybridized carbons (Fsp3) is 0.941. The van der Waals surface area contributed by atoms with Gasteiger partial charge in [0.1, 0.15) is 238 Å². The Morgan fingerprint density at radius 2 is 0.508 bits per heavy atom. The van der Waals surface area contributed by atoms with Crippen LogP contribution in [0.25, 0.3) is 0 Å². The van der Waals surface area contributed by atoms with Gasteiger partial charge in [0.15, 0.2) is 62.9 Å². The second-order valence-corrected chi connectivity index (χ2v) is 31.0. The van der Waals surface area contributed by atoms with Gasteiger partial charge < -0.3 is 249 Å². The van der Waals surface area contributed by atoms with Crippen LogP contribution < -0.4 is 21.3 Å². The molecule has 122 heavy (non-hydrogen) atoms. The van der Waals surface area contributed by atoms with Crippen LogP contribution in [0.1, 0.15) is 34.6 Å². The predicted molar refractivity (Wildman–Crippen MR) is 375 cm³/mol. The number of aliphatic hydroxyl groups excluding tert-OH is 27. The van der Waals surface area contributed by atoms with Crippen molar-refractivity contribution in [2.75, 3.05) is 59.5 Å². The van der Waals surface area contributed by atoms with Crippen molar-refractivity contribution in [2.24, 2.45) is 0 Å². The average molecular weight is 1790 g/mol. The van der Waals surface area contributed by atoms with Crippen LogP contribution in [-0.2, 0) is 109 Å². The number of hydrogen-bond acceptors (Lipinski definition) is 50. The summed E-state index contributed by atoms with van der Waals surface area (Å²) in [5.41, 5.74) is 0. The number of hydrogen-bond donors (Lipinski definition) is 31. The highest BCUT2D eigenvalue weighted by molar-refractivity contribution is 5.74. The van der Waals surface area contributed by atoms with Crippen molar-refractivity contribution >= 4 is 23.6 Å². The number of nitrogens with one attached hydrogen (secondary N) is 4. The highest BCUT2D eigenvalue weighted by Gasteiger charge is 2.62. The molecule has 1 unspecified atom stereocenters. The number of carbonyl (C=O) groups excluding carboxylic acids is 4. The smallest absolute Gasteiger partial charge is 0.217 e. The molecule has 50 atom stereocenters.